The van der Waals surface area contributed by atoms with Gasteiger partial charge < -0.3 is 20.1 Å². The number of ether oxygens (including phenoxy) is 2. The second-order valence-corrected chi connectivity index (χ2v) is 7.20. The fourth-order valence-electron chi connectivity index (χ4n) is 3.34. The Bertz CT molecular complexity index is 1250. The molecule has 2 N–H and O–H groups in total. The Morgan fingerprint density at radius 1 is 0.909 bits per heavy atom. The molecule has 1 heterocycles. The molecule has 0 spiro atoms. The standard InChI is InChI=1S/C26H24N4O3/c1-32-22-11-12-23(33-2)20(16-22)17-28-26(31)19-9-6-10-21(15-19)29-24-13-14-27-25(30-24)18-7-4-3-5-8-18/h3-16H,17H2,1-2H3,(H,28,31)(H,27,29,30). The predicted octanol–water partition coefficient (Wildman–Crippen LogP) is 4.83. The van der Waals surface area contributed by atoms with Gasteiger partial charge in [-0.2, -0.15) is 0 Å². The normalized spacial score (nSPS) is 10.4. The number of carbonyl (C=O) groups is 1. The number of methoxy groups -OCH3 is 2. The molecule has 0 atom stereocenters. The van der Waals surface area contributed by atoms with E-state index in [0.717, 1.165) is 16.8 Å². The number of rotatable bonds is 8. The quantitative estimate of drug-likeness (QED) is 0.408. The Hall–Kier alpha value is -4.39. The lowest BCUT2D eigenvalue weighted by Crippen LogP contribution is -2.23. The highest BCUT2D eigenvalue weighted by Crippen LogP contribution is 2.24. The Labute approximate surface area is 192 Å². The van der Waals surface area contributed by atoms with E-state index in [4.69, 9.17) is 9.47 Å². The van der Waals surface area contributed by atoms with E-state index in [1.165, 1.54) is 0 Å². The molecule has 7 nitrogen and oxygen atoms in total. The van der Waals surface area contributed by atoms with Crippen LogP contribution in [0.2, 0.25) is 0 Å². The number of nitrogens with zero attached hydrogens (tertiary/aromatic N) is 2. The predicted molar refractivity (Wildman–Crippen MR) is 128 cm³/mol. The minimum absolute atomic E-state index is 0.198. The van der Waals surface area contributed by atoms with Crippen LogP contribution in [-0.4, -0.2) is 30.1 Å². The van der Waals surface area contributed by atoms with Crippen molar-refractivity contribution < 1.29 is 14.3 Å². The van der Waals surface area contributed by atoms with Crippen molar-refractivity contribution in [3.8, 4) is 22.9 Å². The van der Waals surface area contributed by atoms with Crippen LogP contribution in [-0.2, 0) is 6.54 Å². The first kappa shape index (κ1) is 21.8. The van der Waals surface area contributed by atoms with Gasteiger partial charge in [-0.15, -0.1) is 0 Å². The Balaban J connectivity index is 1.46. The molecule has 4 rings (SSSR count). The molecule has 0 aliphatic carbocycles. The molecule has 7 heteroatoms. The summed E-state index contributed by atoms with van der Waals surface area (Å²) < 4.78 is 10.6. The summed E-state index contributed by atoms with van der Waals surface area (Å²) in [6.45, 7) is 0.309. The van der Waals surface area contributed by atoms with Crippen molar-refractivity contribution in [2.45, 2.75) is 6.54 Å². The molecule has 1 amide bonds. The molecule has 0 radical (unpaired) electrons. The highest BCUT2D eigenvalue weighted by Gasteiger charge is 2.10. The van der Waals surface area contributed by atoms with Gasteiger partial charge in [-0.3, -0.25) is 4.79 Å². The molecule has 3 aromatic carbocycles. The van der Waals surface area contributed by atoms with Gasteiger partial charge in [0.05, 0.1) is 14.2 Å². The summed E-state index contributed by atoms with van der Waals surface area (Å²) in [7, 11) is 3.20. The van der Waals surface area contributed by atoms with Crippen LogP contribution < -0.4 is 20.1 Å². The topological polar surface area (TPSA) is 85.4 Å². The van der Waals surface area contributed by atoms with Gasteiger partial charge in [-0.05, 0) is 42.5 Å². The second kappa shape index (κ2) is 10.3. The number of amides is 1. The molecule has 0 saturated heterocycles. The molecule has 0 unspecified atom stereocenters. The maximum Gasteiger partial charge on any atom is 0.251 e. The number of aromatic nitrogens is 2. The zero-order chi connectivity index (χ0) is 23.0. The monoisotopic (exact) mass is 440 g/mol. The summed E-state index contributed by atoms with van der Waals surface area (Å²) in [5, 5.41) is 6.18. The number of carbonyl (C=O) groups excluding carboxylic acids is 1. The van der Waals surface area contributed by atoms with Crippen LogP contribution in [0.4, 0.5) is 11.5 Å². The lowest BCUT2D eigenvalue weighted by atomic mass is 10.1. The highest BCUT2D eigenvalue weighted by molar-refractivity contribution is 5.95. The molecule has 33 heavy (non-hydrogen) atoms. The molecule has 4 aromatic rings. The van der Waals surface area contributed by atoms with Crippen LogP contribution in [0.5, 0.6) is 11.5 Å². The van der Waals surface area contributed by atoms with Crippen molar-refractivity contribution in [1.29, 1.82) is 0 Å². The van der Waals surface area contributed by atoms with E-state index in [1.54, 1.807) is 38.6 Å². The fraction of sp³-hybridized carbons (Fsp3) is 0.115. The fourth-order valence-corrected chi connectivity index (χ4v) is 3.34. The van der Waals surface area contributed by atoms with Crippen molar-refractivity contribution in [3.05, 3.63) is 96.2 Å². The SMILES string of the molecule is COc1ccc(OC)c(CNC(=O)c2cccc(Nc3ccnc(-c4ccccc4)n3)c2)c1. The molecule has 0 bridgehead atoms. The van der Waals surface area contributed by atoms with E-state index >= 15 is 0 Å². The second-order valence-electron chi connectivity index (χ2n) is 7.20. The van der Waals surface area contributed by atoms with Crippen LogP contribution in [0.25, 0.3) is 11.4 Å². The maximum absolute atomic E-state index is 12.8. The minimum Gasteiger partial charge on any atom is -0.497 e. The zero-order valence-electron chi connectivity index (χ0n) is 18.4. The summed E-state index contributed by atoms with van der Waals surface area (Å²) in [6.07, 6.45) is 1.70. The Morgan fingerprint density at radius 3 is 2.55 bits per heavy atom. The number of anilines is 2. The lowest BCUT2D eigenvalue weighted by Gasteiger charge is -2.12. The third kappa shape index (κ3) is 5.46. The first-order valence-electron chi connectivity index (χ1n) is 10.4. The van der Waals surface area contributed by atoms with E-state index in [9.17, 15) is 4.79 Å². The zero-order valence-corrected chi connectivity index (χ0v) is 18.4. The van der Waals surface area contributed by atoms with Crippen LogP contribution in [0.3, 0.4) is 0 Å². The number of nitrogens with one attached hydrogen (secondary N) is 2. The third-order valence-electron chi connectivity index (χ3n) is 5.01. The van der Waals surface area contributed by atoms with Gasteiger partial charge >= 0.3 is 0 Å². The van der Waals surface area contributed by atoms with Gasteiger partial charge in [0.1, 0.15) is 17.3 Å². The van der Waals surface area contributed by atoms with E-state index in [2.05, 4.69) is 20.6 Å². The molecule has 0 fully saturated rings. The van der Waals surface area contributed by atoms with Gasteiger partial charge in [0.25, 0.3) is 5.91 Å². The maximum atomic E-state index is 12.8. The van der Waals surface area contributed by atoms with Gasteiger partial charge in [-0.1, -0.05) is 36.4 Å². The molecule has 1 aromatic heterocycles. The van der Waals surface area contributed by atoms with Gasteiger partial charge in [-0.25, -0.2) is 9.97 Å². The van der Waals surface area contributed by atoms with Crippen LogP contribution in [0, 0.1) is 0 Å². The minimum atomic E-state index is -0.198. The first-order chi connectivity index (χ1) is 16.2. The number of hydrogen-bond donors (Lipinski definition) is 2. The van der Waals surface area contributed by atoms with Crippen molar-refractivity contribution >= 4 is 17.4 Å². The van der Waals surface area contributed by atoms with E-state index in [0.29, 0.717) is 35.2 Å². The molecular formula is C26H24N4O3. The molecular weight excluding hydrogens is 416 g/mol. The van der Waals surface area contributed by atoms with Crippen molar-refractivity contribution in [3.63, 3.8) is 0 Å². The van der Waals surface area contributed by atoms with Crippen molar-refractivity contribution in [1.82, 2.24) is 15.3 Å². The van der Waals surface area contributed by atoms with Crippen LogP contribution in [0.1, 0.15) is 15.9 Å². The summed E-state index contributed by atoms with van der Waals surface area (Å²) in [5.41, 5.74) is 3.04. The van der Waals surface area contributed by atoms with E-state index < -0.39 is 0 Å². The molecule has 166 valence electrons. The smallest absolute Gasteiger partial charge is 0.251 e. The largest absolute Gasteiger partial charge is 0.497 e. The van der Waals surface area contributed by atoms with E-state index in [-0.39, 0.29) is 5.91 Å². The van der Waals surface area contributed by atoms with Crippen LogP contribution >= 0.6 is 0 Å². The van der Waals surface area contributed by atoms with Crippen LogP contribution in [0.15, 0.2) is 85.1 Å². The summed E-state index contributed by atoms with van der Waals surface area (Å²) in [5.74, 6) is 2.45. The summed E-state index contributed by atoms with van der Waals surface area (Å²) in [4.78, 5) is 21.7. The lowest BCUT2D eigenvalue weighted by molar-refractivity contribution is 0.0950. The summed E-state index contributed by atoms with van der Waals surface area (Å²) >= 11 is 0. The average Bonchev–Trinajstić information content (AvgIpc) is 2.88. The average molecular weight is 441 g/mol. The molecule has 0 saturated carbocycles. The number of benzene rings is 3. The Morgan fingerprint density at radius 2 is 1.76 bits per heavy atom. The first-order valence-corrected chi connectivity index (χ1v) is 10.4. The molecule has 0 aliphatic rings. The van der Waals surface area contributed by atoms with Gasteiger partial charge in [0.2, 0.25) is 0 Å². The Kier molecular flexibility index (Phi) is 6.80. The summed E-state index contributed by atoms with van der Waals surface area (Å²) in [6, 6.07) is 24.3. The van der Waals surface area contributed by atoms with Crippen molar-refractivity contribution in [2.75, 3.05) is 19.5 Å². The van der Waals surface area contributed by atoms with Gasteiger partial charge in [0, 0.05) is 35.1 Å². The molecule has 0 aliphatic heterocycles. The van der Waals surface area contributed by atoms with Crippen molar-refractivity contribution in [2.24, 2.45) is 0 Å². The van der Waals surface area contributed by atoms with E-state index in [1.807, 2.05) is 60.7 Å². The third-order valence-corrected chi connectivity index (χ3v) is 5.01. The highest BCUT2D eigenvalue weighted by atomic mass is 16.5. The van der Waals surface area contributed by atoms with Gasteiger partial charge in [0.15, 0.2) is 5.82 Å². The number of hydrogen-bond acceptors (Lipinski definition) is 6.